The number of carbonyl (C=O) groups excluding carboxylic acids is 1. The molecule has 0 N–H and O–H groups in total. The Kier molecular flexibility index (Phi) is 3.05. The molecule has 15 heavy (non-hydrogen) atoms. The number of pyridine rings is 1. The minimum Gasteiger partial charge on any atom is -0.310 e. The molecule has 1 aromatic heterocycles. The van der Waals surface area contributed by atoms with Gasteiger partial charge in [0.2, 0.25) is 5.91 Å². The third-order valence-electron chi connectivity index (χ3n) is 2.68. The van der Waals surface area contributed by atoms with E-state index in [9.17, 15) is 4.79 Å². The summed E-state index contributed by atoms with van der Waals surface area (Å²) in [5, 5.41) is 0. The molecule has 1 aliphatic rings. The van der Waals surface area contributed by atoms with Crippen molar-refractivity contribution in [2.45, 2.75) is 24.6 Å². The Hall–Kier alpha value is -0.900. The number of amides is 1. The molecule has 1 unspecified atom stereocenters. The highest BCUT2D eigenvalue weighted by Gasteiger charge is 2.28. The highest BCUT2D eigenvalue weighted by Crippen LogP contribution is 2.26. The fourth-order valence-electron chi connectivity index (χ4n) is 1.81. The molecule has 1 aromatic rings. The number of aromatic nitrogens is 1. The smallest absolute Gasteiger partial charge is 0.240 e. The van der Waals surface area contributed by atoms with Gasteiger partial charge in [-0.3, -0.25) is 9.78 Å². The lowest BCUT2D eigenvalue weighted by molar-refractivity contribution is -0.118. The summed E-state index contributed by atoms with van der Waals surface area (Å²) < 4.78 is 0. The Morgan fingerprint density at radius 2 is 2.40 bits per heavy atom. The van der Waals surface area contributed by atoms with Crippen molar-refractivity contribution in [3.8, 4) is 0 Å². The van der Waals surface area contributed by atoms with E-state index in [1.54, 1.807) is 12.4 Å². The largest absolute Gasteiger partial charge is 0.310 e. The number of hydrogen-bond donors (Lipinski definition) is 0. The van der Waals surface area contributed by atoms with Crippen molar-refractivity contribution in [1.29, 1.82) is 0 Å². The van der Waals surface area contributed by atoms with E-state index in [1.165, 1.54) is 0 Å². The summed E-state index contributed by atoms with van der Waals surface area (Å²) in [6.07, 6.45) is 5.47. The van der Waals surface area contributed by atoms with Gasteiger partial charge in [-0.1, -0.05) is 15.9 Å². The van der Waals surface area contributed by atoms with E-state index in [2.05, 4.69) is 20.9 Å². The first-order valence-corrected chi connectivity index (χ1v) is 5.98. The minimum absolute atomic E-state index is 0.0362. The zero-order valence-corrected chi connectivity index (χ0v) is 10.2. The Morgan fingerprint density at radius 3 is 3.13 bits per heavy atom. The fourth-order valence-corrected chi connectivity index (χ4v) is 2.38. The van der Waals surface area contributed by atoms with Crippen LogP contribution >= 0.6 is 15.9 Å². The maximum atomic E-state index is 11.9. The molecule has 1 aliphatic heterocycles. The second-order valence-electron chi connectivity index (χ2n) is 3.76. The quantitative estimate of drug-likeness (QED) is 0.733. The van der Waals surface area contributed by atoms with Crippen molar-refractivity contribution in [2.24, 2.45) is 0 Å². The summed E-state index contributed by atoms with van der Waals surface area (Å²) in [7, 11) is 0. The third-order valence-corrected chi connectivity index (χ3v) is 3.53. The number of nitrogens with zero attached hydrogens (tertiary/aromatic N) is 2. The van der Waals surface area contributed by atoms with Crippen molar-refractivity contribution >= 4 is 27.5 Å². The fraction of sp³-hybridized carbons (Fsp3) is 0.455. The van der Waals surface area contributed by atoms with Crippen LogP contribution < -0.4 is 4.90 Å². The Bertz CT molecular complexity index is 381. The predicted octanol–water partition coefficient (Wildman–Crippen LogP) is 2.28. The zero-order chi connectivity index (χ0) is 10.8. The van der Waals surface area contributed by atoms with Gasteiger partial charge in [0.1, 0.15) is 0 Å². The van der Waals surface area contributed by atoms with Gasteiger partial charge in [-0.25, -0.2) is 0 Å². The Balaban J connectivity index is 2.30. The molecule has 0 aromatic carbocycles. The van der Waals surface area contributed by atoms with Crippen molar-refractivity contribution in [2.75, 3.05) is 11.4 Å². The number of anilines is 1. The number of alkyl halides is 1. The van der Waals surface area contributed by atoms with Crippen LogP contribution in [0.2, 0.25) is 0 Å². The molecule has 0 spiro atoms. The molecule has 4 heteroatoms. The van der Waals surface area contributed by atoms with Gasteiger partial charge in [0.15, 0.2) is 0 Å². The van der Waals surface area contributed by atoms with Crippen molar-refractivity contribution in [3.05, 3.63) is 24.0 Å². The van der Waals surface area contributed by atoms with E-state index in [0.717, 1.165) is 30.6 Å². The van der Waals surface area contributed by atoms with Crippen LogP contribution in [0, 0.1) is 6.92 Å². The molecule has 0 radical (unpaired) electrons. The van der Waals surface area contributed by atoms with Gasteiger partial charge >= 0.3 is 0 Å². The Labute approximate surface area is 97.6 Å². The monoisotopic (exact) mass is 268 g/mol. The maximum absolute atomic E-state index is 11.9. The van der Waals surface area contributed by atoms with Crippen LogP contribution in [0.3, 0.4) is 0 Å². The number of aryl methyl sites for hydroxylation is 1. The van der Waals surface area contributed by atoms with Crippen LogP contribution in [0.1, 0.15) is 18.4 Å². The first kappa shape index (κ1) is 10.6. The summed E-state index contributed by atoms with van der Waals surface area (Å²) in [5.41, 5.74) is 2.03. The van der Waals surface area contributed by atoms with Crippen LogP contribution in [0.5, 0.6) is 0 Å². The first-order valence-electron chi connectivity index (χ1n) is 5.06. The number of hydrogen-bond acceptors (Lipinski definition) is 2. The van der Waals surface area contributed by atoms with Crippen molar-refractivity contribution in [1.82, 2.24) is 4.98 Å². The summed E-state index contributed by atoms with van der Waals surface area (Å²) >= 11 is 3.40. The number of carbonyl (C=O) groups is 1. The second-order valence-corrected chi connectivity index (χ2v) is 4.87. The number of rotatable bonds is 1. The van der Waals surface area contributed by atoms with Gasteiger partial charge in [0.05, 0.1) is 16.7 Å². The molecule has 80 valence electrons. The highest BCUT2D eigenvalue weighted by molar-refractivity contribution is 9.10. The average molecular weight is 269 g/mol. The standard InChI is InChI=1S/C11H13BrN2O/c1-8-4-5-13-7-10(8)14-6-2-3-9(12)11(14)15/h4-5,7,9H,2-3,6H2,1H3. The summed E-state index contributed by atoms with van der Waals surface area (Å²) in [6, 6.07) is 1.93. The topological polar surface area (TPSA) is 33.2 Å². The maximum Gasteiger partial charge on any atom is 0.240 e. The molecule has 0 bridgehead atoms. The molecule has 2 heterocycles. The van der Waals surface area contributed by atoms with Crippen molar-refractivity contribution < 1.29 is 4.79 Å². The van der Waals surface area contributed by atoms with Crippen LogP contribution in [-0.2, 0) is 4.79 Å². The predicted molar refractivity (Wildman–Crippen MR) is 63.3 cm³/mol. The van der Waals surface area contributed by atoms with Gasteiger partial charge in [-0.15, -0.1) is 0 Å². The summed E-state index contributed by atoms with van der Waals surface area (Å²) in [6.45, 7) is 2.80. The van der Waals surface area contributed by atoms with Crippen LogP contribution in [0.15, 0.2) is 18.5 Å². The highest BCUT2D eigenvalue weighted by atomic mass is 79.9. The van der Waals surface area contributed by atoms with E-state index in [4.69, 9.17) is 0 Å². The molecule has 2 rings (SSSR count). The molecule has 1 atom stereocenters. The van der Waals surface area contributed by atoms with E-state index in [1.807, 2.05) is 17.9 Å². The Morgan fingerprint density at radius 1 is 1.60 bits per heavy atom. The molecule has 1 fully saturated rings. The normalized spacial score (nSPS) is 21.9. The second kappa shape index (κ2) is 4.31. The first-order chi connectivity index (χ1) is 7.20. The lowest BCUT2D eigenvalue weighted by Gasteiger charge is -2.30. The zero-order valence-electron chi connectivity index (χ0n) is 8.61. The van der Waals surface area contributed by atoms with E-state index in [-0.39, 0.29) is 10.7 Å². The van der Waals surface area contributed by atoms with E-state index < -0.39 is 0 Å². The summed E-state index contributed by atoms with van der Waals surface area (Å²) in [4.78, 5) is 17.8. The van der Waals surface area contributed by atoms with Gasteiger partial charge in [-0.05, 0) is 31.4 Å². The lowest BCUT2D eigenvalue weighted by atomic mass is 10.1. The average Bonchev–Trinajstić information content (AvgIpc) is 2.23. The molecule has 1 saturated heterocycles. The van der Waals surface area contributed by atoms with Gasteiger partial charge < -0.3 is 4.90 Å². The molecular weight excluding hydrogens is 256 g/mol. The van der Waals surface area contributed by atoms with E-state index in [0.29, 0.717) is 0 Å². The van der Waals surface area contributed by atoms with E-state index >= 15 is 0 Å². The van der Waals surface area contributed by atoms with Gasteiger partial charge in [-0.2, -0.15) is 0 Å². The molecule has 1 amide bonds. The van der Waals surface area contributed by atoms with Crippen LogP contribution in [0.4, 0.5) is 5.69 Å². The molecule has 3 nitrogen and oxygen atoms in total. The third kappa shape index (κ3) is 2.04. The lowest BCUT2D eigenvalue weighted by Crippen LogP contribution is -2.42. The van der Waals surface area contributed by atoms with Crippen LogP contribution in [0.25, 0.3) is 0 Å². The summed E-state index contributed by atoms with van der Waals surface area (Å²) in [5.74, 6) is 0.150. The van der Waals surface area contributed by atoms with Crippen LogP contribution in [-0.4, -0.2) is 22.3 Å². The minimum atomic E-state index is -0.0362. The molecular formula is C11H13BrN2O. The molecule has 0 saturated carbocycles. The molecule has 0 aliphatic carbocycles. The van der Waals surface area contributed by atoms with Gasteiger partial charge in [0.25, 0.3) is 0 Å². The van der Waals surface area contributed by atoms with Gasteiger partial charge in [0, 0.05) is 12.7 Å². The number of piperidine rings is 1. The SMILES string of the molecule is Cc1ccncc1N1CCCC(Br)C1=O. The van der Waals surface area contributed by atoms with Crippen molar-refractivity contribution in [3.63, 3.8) is 0 Å². The number of halogens is 1.